The van der Waals surface area contributed by atoms with Gasteiger partial charge in [-0.05, 0) is 73.0 Å². The Hall–Kier alpha value is -3.72. The van der Waals surface area contributed by atoms with Crippen LogP contribution >= 0.6 is 0 Å². The third-order valence-corrected chi connectivity index (χ3v) is 10.6. The van der Waals surface area contributed by atoms with Crippen molar-refractivity contribution in [2.45, 2.75) is 69.4 Å². The van der Waals surface area contributed by atoms with Gasteiger partial charge in [0, 0.05) is 28.9 Å². The van der Waals surface area contributed by atoms with Crippen molar-refractivity contribution in [2.24, 2.45) is 33.7 Å². The zero-order valence-corrected chi connectivity index (χ0v) is 24.4. The molecule has 42 heavy (non-hydrogen) atoms. The molecule has 1 fully saturated rings. The van der Waals surface area contributed by atoms with Crippen molar-refractivity contribution in [1.82, 2.24) is 5.32 Å². The van der Waals surface area contributed by atoms with Crippen molar-refractivity contribution in [3.8, 4) is 0 Å². The van der Waals surface area contributed by atoms with Crippen LogP contribution in [-0.2, 0) is 0 Å². The molecular formula is C39H41N3. The molecule has 0 aromatic heterocycles. The molecule has 7 unspecified atom stereocenters. The second kappa shape index (κ2) is 11.2. The van der Waals surface area contributed by atoms with Crippen molar-refractivity contribution in [1.29, 1.82) is 0 Å². The number of hydrogen-bond acceptors (Lipinski definition) is 3. The Labute approximate surface area is 250 Å². The van der Waals surface area contributed by atoms with Gasteiger partial charge in [-0.15, -0.1) is 0 Å². The van der Waals surface area contributed by atoms with E-state index < -0.39 is 0 Å². The summed E-state index contributed by atoms with van der Waals surface area (Å²) in [5, 5.41) is 3.64. The highest BCUT2D eigenvalue weighted by molar-refractivity contribution is 6.16. The van der Waals surface area contributed by atoms with Crippen molar-refractivity contribution in [2.75, 3.05) is 0 Å². The van der Waals surface area contributed by atoms with Crippen molar-refractivity contribution >= 4 is 11.7 Å². The lowest BCUT2D eigenvalue weighted by Crippen LogP contribution is -2.40. The van der Waals surface area contributed by atoms with Crippen LogP contribution in [0.15, 0.2) is 124 Å². The lowest BCUT2D eigenvalue weighted by atomic mass is 9.58. The Morgan fingerprint density at radius 3 is 2.43 bits per heavy atom. The van der Waals surface area contributed by atoms with Crippen LogP contribution in [0.25, 0.3) is 0 Å². The fourth-order valence-electron chi connectivity index (χ4n) is 8.54. The second-order valence-electron chi connectivity index (χ2n) is 13.1. The van der Waals surface area contributed by atoms with Crippen molar-refractivity contribution in [3.05, 3.63) is 131 Å². The van der Waals surface area contributed by atoms with E-state index in [2.05, 4.69) is 109 Å². The molecular weight excluding hydrogens is 510 g/mol. The van der Waals surface area contributed by atoms with E-state index in [1.807, 2.05) is 0 Å². The van der Waals surface area contributed by atoms with Gasteiger partial charge in [-0.2, -0.15) is 0 Å². The molecule has 0 bridgehead atoms. The molecule has 0 saturated heterocycles. The van der Waals surface area contributed by atoms with Crippen LogP contribution in [-0.4, -0.2) is 17.8 Å². The average Bonchev–Trinajstić information content (AvgIpc) is 3.09. The lowest BCUT2D eigenvalue weighted by Gasteiger charge is -2.46. The zero-order valence-electron chi connectivity index (χ0n) is 24.4. The minimum atomic E-state index is -0.0808. The molecule has 0 radical (unpaired) electrons. The first kappa shape index (κ1) is 25.9. The molecule has 1 aliphatic heterocycles. The quantitative estimate of drug-likeness (QED) is 0.379. The Bertz CT molecular complexity index is 1550. The van der Waals surface area contributed by atoms with Crippen LogP contribution in [0.2, 0.25) is 0 Å². The van der Waals surface area contributed by atoms with Gasteiger partial charge in [0.15, 0.2) is 6.17 Å². The molecule has 3 heteroatoms. The van der Waals surface area contributed by atoms with Crippen LogP contribution in [0, 0.1) is 23.7 Å². The number of fused-ring (bicyclic) bond motifs is 6. The van der Waals surface area contributed by atoms with E-state index in [0.29, 0.717) is 23.7 Å². The highest BCUT2D eigenvalue weighted by Crippen LogP contribution is 2.55. The summed E-state index contributed by atoms with van der Waals surface area (Å²) in [5.74, 6) is 5.24. The van der Waals surface area contributed by atoms with Crippen LogP contribution < -0.4 is 5.32 Å². The molecule has 3 nitrogen and oxygen atoms in total. The van der Waals surface area contributed by atoms with Gasteiger partial charge >= 0.3 is 0 Å². The number of allylic oxidation sites excluding steroid dienone is 7. The highest BCUT2D eigenvalue weighted by atomic mass is 15.2. The monoisotopic (exact) mass is 551 g/mol. The smallest absolute Gasteiger partial charge is 0.150 e. The number of nitrogens with zero attached hydrogens (tertiary/aromatic N) is 2. The van der Waals surface area contributed by atoms with Crippen molar-refractivity contribution < 1.29 is 0 Å². The summed E-state index contributed by atoms with van der Waals surface area (Å²) < 4.78 is 0. The molecule has 212 valence electrons. The lowest BCUT2D eigenvalue weighted by molar-refractivity contribution is 0.211. The van der Waals surface area contributed by atoms with Crippen LogP contribution in [0.4, 0.5) is 0 Å². The molecule has 0 amide bonds. The summed E-state index contributed by atoms with van der Waals surface area (Å²) >= 11 is 0. The summed E-state index contributed by atoms with van der Waals surface area (Å²) in [5.41, 5.74) is 7.01. The number of rotatable bonds is 4. The summed E-state index contributed by atoms with van der Waals surface area (Å²) in [6.07, 6.45) is 29.4. The number of benzene rings is 2. The molecule has 7 atom stereocenters. The number of nitrogens with one attached hydrogen (secondary N) is 1. The van der Waals surface area contributed by atoms with Crippen molar-refractivity contribution in [3.63, 3.8) is 0 Å². The molecule has 1 N–H and O–H groups in total. The summed E-state index contributed by atoms with van der Waals surface area (Å²) in [7, 11) is 0. The van der Waals surface area contributed by atoms with Gasteiger partial charge in [0.1, 0.15) is 11.7 Å². The van der Waals surface area contributed by atoms with Crippen LogP contribution in [0.3, 0.4) is 0 Å². The average molecular weight is 552 g/mol. The molecule has 1 saturated carbocycles. The molecule has 0 spiro atoms. The third kappa shape index (κ3) is 4.77. The predicted octanol–water partition coefficient (Wildman–Crippen LogP) is 8.80. The Morgan fingerprint density at radius 2 is 1.55 bits per heavy atom. The molecule has 5 aliphatic carbocycles. The second-order valence-corrected chi connectivity index (χ2v) is 13.1. The topological polar surface area (TPSA) is 36.8 Å². The Morgan fingerprint density at radius 1 is 0.714 bits per heavy atom. The molecule has 2 aromatic carbocycles. The van der Waals surface area contributed by atoms with Gasteiger partial charge in [0.2, 0.25) is 0 Å². The van der Waals surface area contributed by atoms with Gasteiger partial charge in [0.05, 0.1) is 0 Å². The molecule has 2 aromatic rings. The van der Waals surface area contributed by atoms with E-state index in [-0.39, 0.29) is 6.17 Å². The van der Waals surface area contributed by atoms with Gasteiger partial charge < -0.3 is 5.32 Å². The zero-order chi connectivity index (χ0) is 27.9. The van der Waals surface area contributed by atoms with Crippen LogP contribution in [0.5, 0.6) is 0 Å². The first-order valence-electron chi connectivity index (χ1n) is 16.3. The Kier molecular flexibility index (Phi) is 6.90. The van der Waals surface area contributed by atoms with Gasteiger partial charge in [-0.1, -0.05) is 116 Å². The number of hydrogen-bond donors (Lipinski definition) is 1. The van der Waals surface area contributed by atoms with E-state index in [0.717, 1.165) is 41.9 Å². The minimum Gasteiger partial charge on any atom is -0.324 e. The van der Waals surface area contributed by atoms with Gasteiger partial charge in [-0.3, -0.25) is 0 Å². The summed E-state index contributed by atoms with van der Waals surface area (Å²) in [6, 6.07) is 19.9. The molecule has 8 rings (SSSR count). The maximum absolute atomic E-state index is 5.24. The molecule has 6 aliphatic rings. The van der Waals surface area contributed by atoms with E-state index in [1.54, 1.807) is 11.1 Å². The predicted molar refractivity (Wildman–Crippen MR) is 174 cm³/mol. The number of amidine groups is 2. The molecule has 1 heterocycles. The van der Waals surface area contributed by atoms with E-state index in [9.17, 15) is 0 Å². The minimum absolute atomic E-state index is 0.0808. The fourth-order valence-corrected chi connectivity index (χ4v) is 8.54. The van der Waals surface area contributed by atoms with Gasteiger partial charge in [0.25, 0.3) is 0 Å². The first-order valence-corrected chi connectivity index (χ1v) is 16.3. The van der Waals surface area contributed by atoms with Gasteiger partial charge in [-0.25, -0.2) is 9.98 Å². The number of aliphatic imine (C=N–C) groups is 2. The first-order chi connectivity index (χ1) is 20.8. The largest absolute Gasteiger partial charge is 0.324 e. The van der Waals surface area contributed by atoms with E-state index in [4.69, 9.17) is 9.98 Å². The summed E-state index contributed by atoms with van der Waals surface area (Å²) in [6.45, 7) is 0. The summed E-state index contributed by atoms with van der Waals surface area (Å²) in [4.78, 5) is 10.4. The van der Waals surface area contributed by atoms with Crippen LogP contribution in [0.1, 0.15) is 79.9 Å². The van der Waals surface area contributed by atoms with E-state index >= 15 is 0 Å². The third-order valence-electron chi connectivity index (χ3n) is 10.6. The maximum atomic E-state index is 5.24. The normalized spacial score (nSPS) is 33.2. The van der Waals surface area contributed by atoms with E-state index in [1.165, 1.54) is 49.7 Å². The highest BCUT2D eigenvalue weighted by Gasteiger charge is 2.42. The standard InChI is InChI=1S/C39H41N3/c1-3-12-26(13-4-1)37-40-38(27-14-5-2-6-15-27)42-39(41-37)30-17-11-16-28(24-30)29-22-23-35-33-20-8-7-18-31(33)32-19-9-10-21-34(32)36(35)25-29/h1,3-5,7-8,11-14,17-18,20,22-25,27-28,32,34-36,38H,2,6,9-10,15-16,19,21H2,(H,40,41,42). The fraction of sp³-hybridized carbons (Fsp3) is 0.385. The SMILES string of the molecule is C1=CC(C2N=C(C3=CC(C4=CC5C(C=C4)c4ccccc4C4CCCCC45)CC=C3)NC(c3ccccc3)=N2)CCC1. The maximum Gasteiger partial charge on any atom is 0.150 e. The Balaban J connectivity index is 1.11.